The number of esters is 1. The van der Waals surface area contributed by atoms with E-state index in [2.05, 4.69) is 0 Å². The van der Waals surface area contributed by atoms with Crippen molar-refractivity contribution in [1.82, 2.24) is 0 Å². The van der Waals surface area contributed by atoms with Crippen molar-refractivity contribution >= 4 is 16.7 Å². The molecule has 0 heterocycles. The predicted octanol–water partition coefficient (Wildman–Crippen LogP) is 2.74. The summed E-state index contributed by atoms with van der Waals surface area (Å²) in [7, 11) is 1.37. The van der Waals surface area contributed by atoms with E-state index in [4.69, 9.17) is 15.2 Å². The fourth-order valence-electron chi connectivity index (χ4n) is 2.14. The predicted molar refractivity (Wildman–Crippen MR) is 79.0 cm³/mol. The van der Waals surface area contributed by atoms with Gasteiger partial charge >= 0.3 is 5.97 Å². The highest BCUT2D eigenvalue weighted by molar-refractivity contribution is 6.07. The van der Waals surface area contributed by atoms with Crippen LogP contribution in [0.3, 0.4) is 0 Å². The second kappa shape index (κ2) is 6.39. The summed E-state index contributed by atoms with van der Waals surface area (Å²) in [6.45, 7) is 2.40. The van der Waals surface area contributed by atoms with Gasteiger partial charge in [0, 0.05) is 6.54 Å². The highest BCUT2D eigenvalue weighted by Gasteiger charge is 2.19. The van der Waals surface area contributed by atoms with Gasteiger partial charge in [0.25, 0.3) is 0 Å². The maximum Gasteiger partial charge on any atom is 0.342 e. The lowest BCUT2D eigenvalue weighted by atomic mass is 10.0. The molecule has 0 aromatic heterocycles. The first-order valence-electron chi connectivity index (χ1n) is 6.68. The van der Waals surface area contributed by atoms with Crippen molar-refractivity contribution in [3.8, 4) is 5.75 Å². The molecule has 2 aromatic carbocycles. The van der Waals surface area contributed by atoms with Crippen LogP contribution in [-0.4, -0.2) is 25.7 Å². The van der Waals surface area contributed by atoms with Gasteiger partial charge in [-0.1, -0.05) is 37.3 Å². The first-order valence-corrected chi connectivity index (χ1v) is 6.68. The largest absolute Gasteiger partial charge is 0.488 e. The normalized spacial score (nSPS) is 12.2. The monoisotopic (exact) mass is 273 g/mol. The number of benzene rings is 2. The third kappa shape index (κ3) is 2.75. The van der Waals surface area contributed by atoms with E-state index in [1.54, 1.807) is 6.07 Å². The van der Waals surface area contributed by atoms with E-state index >= 15 is 0 Å². The average Bonchev–Trinajstić information content (AvgIpc) is 2.51. The van der Waals surface area contributed by atoms with Crippen molar-refractivity contribution in [2.24, 2.45) is 5.73 Å². The summed E-state index contributed by atoms with van der Waals surface area (Å²) in [5.74, 6) is 0.122. The van der Waals surface area contributed by atoms with E-state index in [0.717, 1.165) is 17.2 Å². The molecule has 106 valence electrons. The van der Waals surface area contributed by atoms with Gasteiger partial charge < -0.3 is 15.2 Å². The van der Waals surface area contributed by atoms with E-state index in [1.165, 1.54) is 7.11 Å². The number of carbonyl (C=O) groups excluding carboxylic acids is 1. The molecule has 0 fully saturated rings. The third-order valence-corrected chi connectivity index (χ3v) is 3.29. The molecule has 0 saturated carbocycles. The van der Waals surface area contributed by atoms with E-state index in [0.29, 0.717) is 17.9 Å². The number of carbonyl (C=O) groups is 1. The Morgan fingerprint density at radius 2 is 2.00 bits per heavy atom. The van der Waals surface area contributed by atoms with Crippen LogP contribution in [0.25, 0.3) is 10.8 Å². The van der Waals surface area contributed by atoms with Gasteiger partial charge in [-0.3, -0.25) is 0 Å². The summed E-state index contributed by atoms with van der Waals surface area (Å²) in [6, 6.07) is 11.4. The number of methoxy groups -OCH3 is 1. The lowest BCUT2D eigenvalue weighted by Crippen LogP contribution is -2.26. The third-order valence-electron chi connectivity index (χ3n) is 3.29. The summed E-state index contributed by atoms with van der Waals surface area (Å²) in [4.78, 5) is 12.1. The molecule has 20 heavy (non-hydrogen) atoms. The quantitative estimate of drug-likeness (QED) is 0.851. The Morgan fingerprint density at radius 1 is 1.25 bits per heavy atom. The van der Waals surface area contributed by atoms with Crippen molar-refractivity contribution in [2.75, 3.05) is 13.7 Å². The lowest BCUT2D eigenvalue weighted by molar-refractivity contribution is 0.0595. The van der Waals surface area contributed by atoms with Crippen molar-refractivity contribution in [3.05, 3.63) is 42.0 Å². The van der Waals surface area contributed by atoms with Crippen LogP contribution in [0.2, 0.25) is 0 Å². The van der Waals surface area contributed by atoms with E-state index in [1.807, 2.05) is 37.3 Å². The average molecular weight is 273 g/mol. The number of rotatable bonds is 5. The number of hydrogen-bond donors (Lipinski definition) is 1. The maximum atomic E-state index is 12.1. The van der Waals surface area contributed by atoms with E-state index < -0.39 is 5.97 Å². The van der Waals surface area contributed by atoms with Gasteiger partial charge in [0.2, 0.25) is 0 Å². The van der Waals surface area contributed by atoms with Crippen LogP contribution in [0.4, 0.5) is 0 Å². The standard InChI is InChI=1S/C16H19NO3/c1-3-12(10-17)20-14-9-8-11-6-4-5-7-13(11)15(14)16(18)19-2/h4-9,12H,3,10,17H2,1-2H3. The van der Waals surface area contributed by atoms with Crippen molar-refractivity contribution in [1.29, 1.82) is 0 Å². The minimum absolute atomic E-state index is 0.112. The molecule has 1 unspecified atom stereocenters. The molecule has 4 nitrogen and oxygen atoms in total. The molecule has 0 bridgehead atoms. The number of hydrogen-bond acceptors (Lipinski definition) is 4. The Kier molecular flexibility index (Phi) is 4.58. The minimum Gasteiger partial charge on any atom is -0.488 e. The number of fused-ring (bicyclic) bond motifs is 1. The Bertz CT molecular complexity index is 606. The molecule has 0 aliphatic rings. The maximum absolute atomic E-state index is 12.1. The topological polar surface area (TPSA) is 61.5 Å². The van der Waals surface area contributed by atoms with Gasteiger partial charge in [-0.25, -0.2) is 4.79 Å². The van der Waals surface area contributed by atoms with Gasteiger partial charge in [0.15, 0.2) is 0 Å². The smallest absolute Gasteiger partial charge is 0.342 e. The Labute approximate surface area is 118 Å². The first kappa shape index (κ1) is 14.3. The minimum atomic E-state index is -0.399. The Morgan fingerprint density at radius 3 is 2.65 bits per heavy atom. The molecule has 2 N–H and O–H groups in total. The molecule has 0 aliphatic heterocycles. The molecule has 0 radical (unpaired) electrons. The second-order valence-electron chi connectivity index (χ2n) is 4.54. The first-order chi connectivity index (χ1) is 9.71. The van der Waals surface area contributed by atoms with E-state index in [-0.39, 0.29) is 6.10 Å². The zero-order valence-corrected chi connectivity index (χ0v) is 11.8. The Hall–Kier alpha value is -2.07. The zero-order valence-electron chi connectivity index (χ0n) is 11.8. The fraction of sp³-hybridized carbons (Fsp3) is 0.312. The van der Waals surface area contributed by atoms with Gasteiger partial charge in [-0.2, -0.15) is 0 Å². The molecular weight excluding hydrogens is 254 g/mol. The number of ether oxygens (including phenoxy) is 2. The second-order valence-corrected chi connectivity index (χ2v) is 4.54. The highest BCUT2D eigenvalue weighted by Crippen LogP contribution is 2.29. The summed E-state index contributed by atoms with van der Waals surface area (Å²) >= 11 is 0. The Balaban J connectivity index is 2.55. The summed E-state index contributed by atoms with van der Waals surface area (Å²) in [6.07, 6.45) is 0.670. The van der Waals surface area contributed by atoms with Gasteiger partial charge in [0.1, 0.15) is 17.4 Å². The van der Waals surface area contributed by atoms with Crippen LogP contribution >= 0.6 is 0 Å². The van der Waals surface area contributed by atoms with Gasteiger partial charge in [-0.15, -0.1) is 0 Å². The van der Waals surface area contributed by atoms with Crippen LogP contribution in [0.15, 0.2) is 36.4 Å². The van der Waals surface area contributed by atoms with Crippen LogP contribution in [0.5, 0.6) is 5.75 Å². The molecule has 0 aliphatic carbocycles. The molecule has 4 heteroatoms. The summed E-state index contributed by atoms with van der Waals surface area (Å²) in [5, 5.41) is 1.80. The van der Waals surface area contributed by atoms with Crippen LogP contribution in [0, 0.1) is 0 Å². The molecular formula is C16H19NO3. The molecule has 0 amide bonds. The summed E-state index contributed by atoms with van der Waals surface area (Å²) < 4.78 is 10.7. The van der Waals surface area contributed by atoms with Crippen LogP contribution in [0.1, 0.15) is 23.7 Å². The molecule has 0 saturated heterocycles. The van der Waals surface area contributed by atoms with Crippen molar-refractivity contribution in [3.63, 3.8) is 0 Å². The van der Waals surface area contributed by atoms with E-state index in [9.17, 15) is 4.79 Å². The molecule has 0 spiro atoms. The number of nitrogens with two attached hydrogens (primary N) is 1. The van der Waals surface area contributed by atoms with Gasteiger partial charge in [-0.05, 0) is 23.3 Å². The van der Waals surface area contributed by atoms with Gasteiger partial charge in [0.05, 0.1) is 7.11 Å². The molecule has 2 rings (SSSR count). The van der Waals surface area contributed by atoms with Crippen LogP contribution < -0.4 is 10.5 Å². The highest BCUT2D eigenvalue weighted by atomic mass is 16.5. The van der Waals surface area contributed by atoms with Crippen molar-refractivity contribution < 1.29 is 14.3 Å². The fourth-order valence-corrected chi connectivity index (χ4v) is 2.14. The van der Waals surface area contributed by atoms with Crippen molar-refractivity contribution in [2.45, 2.75) is 19.4 Å². The molecule has 2 aromatic rings. The zero-order chi connectivity index (χ0) is 14.5. The van der Waals surface area contributed by atoms with Crippen LogP contribution in [-0.2, 0) is 4.74 Å². The summed E-state index contributed by atoms with van der Waals surface area (Å²) in [5.41, 5.74) is 6.12. The molecule has 1 atom stereocenters. The SMILES string of the molecule is CCC(CN)Oc1ccc2ccccc2c1C(=O)OC. The lowest BCUT2D eigenvalue weighted by Gasteiger charge is -2.18.